The van der Waals surface area contributed by atoms with E-state index in [0.29, 0.717) is 25.7 Å². The molecule has 0 saturated heterocycles. The first kappa shape index (κ1) is 39.4. The van der Waals surface area contributed by atoms with Gasteiger partial charge in [-0.1, -0.05) is 44.2 Å². The quantitative estimate of drug-likeness (QED) is 0.162. The van der Waals surface area contributed by atoms with E-state index >= 15 is 8.78 Å². The number of carbonyl (C=O) groups excluding carboxylic acids is 1. The van der Waals surface area contributed by atoms with Gasteiger partial charge < -0.3 is 9.84 Å². The summed E-state index contributed by atoms with van der Waals surface area (Å²) in [6, 6.07) is 6.86. The average Bonchev–Trinajstić information content (AvgIpc) is 2.96. The summed E-state index contributed by atoms with van der Waals surface area (Å²) in [5.74, 6) is -51.0. The number of aliphatic hydroxyl groups is 1. The fraction of sp³-hybridized carbons (Fsp3) is 0.774. The van der Waals surface area contributed by atoms with E-state index in [4.69, 9.17) is 4.74 Å². The van der Waals surface area contributed by atoms with Gasteiger partial charge >= 0.3 is 47.7 Å². The fourth-order valence-electron chi connectivity index (χ4n) is 8.14. The number of carbonyl (C=O) groups is 1. The lowest BCUT2D eigenvalue weighted by atomic mass is 9.47. The van der Waals surface area contributed by atoms with Crippen LogP contribution in [0.4, 0.5) is 65.9 Å². The summed E-state index contributed by atoms with van der Waals surface area (Å²) in [6.45, 7) is 3.20. The normalized spacial score (nSPS) is 28.1. The molecule has 4 aliphatic carbocycles. The van der Waals surface area contributed by atoms with Gasteiger partial charge in [0.25, 0.3) is 0 Å². The van der Waals surface area contributed by atoms with Crippen molar-refractivity contribution < 1.29 is 80.5 Å². The average molecular weight is 739 g/mol. The summed E-state index contributed by atoms with van der Waals surface area (Å²) in [7, 11) is 0. The maximum atomic E-state index is 15.3. The summed E-state index contributed by atoms with van der Waals surface area (Å²) in [5.41, 5.74) is -5.24. The van der Waals surface area contributed by atoms with Gasteiger partial charge in [-0.05, 0) is 80.1 Å². The molecule has 18 heteroatoms. The number of ether oxygens (including phenoxy) is 1. The third kappa shape index (κ3) is 5.96. The number of esters is 1. The van der Waals surface area contributed by atoms with Gasteiger partial charge in [0.15, 0.2) is 5.60 Å². The molecular weight excluding hydrogens is 705 g/mol. The fourth-order valence-corrected chi connectivity index (χ4v) is 8.14. The van der Waals surface area contributed by atoms with Crippen LogP contribution in [0.3, 0.4) is 0 Å². The molecule has 4 saturated carbocycles. The molecule has 3 nitrogen and oxygen atoms in total. The predicted octanol–water partition coefficient (Wildman–Crippen LogP) is 9.51. The number of hydrogen-bond donors (Lipinski definition) is 1. The molecule has 1 N–H and O–H groups in total. The molecule has 0 heterocycles. The molecule has 4 bridgehead atoms. The molecule has 49 heavy (non-hydrogen) atoms. The molecule has 4 fully saturated rings. The lowest BCUT2D eigenvalue weighted by molar-refractivity contribution is -0.453. The van der Waals surface area contributed by atoms with Crippen molar-refractivity contribution >= 4 is 5.97 Å². The monoisotopic (exact) mass is 738 g/mol. The topological polar surface area (TPSA) is 46.5 Å². The first-order valence-electron chi connectivity index (χ1n) is 15.3. The predicted molar refractivity (Wildman–Crippen MR) is 141 cm³/mol. The summed E-state index contributed by atoms with van der Waals surface area (Å²) in [4.78, 5) is 13.7. The van der Waals surface area contributed by atoms with Crippen molar-refractivity contribution in [3.05, 3.63) is 35.9 Å². The Morgan fingerprint density at radius 3 is 1.57 bits per heavy atom. The minimum absolute atomic E-state index is 0.155. The summed E-state index contributed by atoms with van der Waals surface area (Å²) in [5, 5.41) is 11.3. The number of benzene rings is 1. The highest BCUT2D eigenvalue weighted by Crippen LogP contribution is 2.64. The summed E-state index contributed by atoms with van der Waals surface area (Å²) < 4.78 is 215. The van der Waals surface area contributed by atoms with Crippen molar-refractivity contribution in [1.82, 2.24) is 0 Å². The van der Waals surface area contributed by atoms with Crippen molar-refractivity contribution in [2.45, 2.75) is 118 Å². The van der Waals surface area contributed by atoms with Crippen LogP contribution in [0.25, 0.3) is 0 Å². The van der Waals surface area contributed by atoms with Crippen LogP contribution in [0, 0.1) is 29.6 Å². The standard InChI is InChI=1S/C31H33F15O3/c1-16(2)25(20-11-18-10-19(13-20)14-21(25)12-18)49-22(47)23(48,9-8-17-6-4-3-5-7-17)15-24(32,33)26(34,35)27(36,37)28(38,39)29(40,41)30(42,43)31(44,45)46/h3-7,16,18-21,48H,8-15H2,1-2H3. The lowest BCUT2D eigenvalue weighted by Gasteiger charge is -2.62. The molecule has 1 aromatic rings. The maximum Gasteiger partial charge on any atom is 0.460 e. The van der Waals surface area contributed by atoms with E-state index in [2.05, 4.69) is 0 Å². The van der Waals surface area contributed by atoms with Gasteiger partial charge in [-0.25, -0.2) is 4.79 Å². The van der Waals surface area contributed by atoms with Crippen LogP contribution < -0.4 is 0 Å². The summed E-state index contributed by atoms with van der Waals surface area (Å²) >= 11 is 0. The SMILES string of the molecule is CC(C)C1(OC(=O)C(O)(CCc2ccccc2)CC(F)(F)C(F)(F)C(F)(F)C(F)(F)C(F)(F)C(F)(F)C(F)(F)F)C2CC3CC(C2)CC1C3. The number of halogens is 15. The Bertz CT molecular complexity index is 1330. The van der Waals surface area contributed by atoms with Gasteiger partial charge in [-0.15, -0.1) is 0 Å². The Morgan fingerprint density at radius 1 is 0.714 bits per heavy atom. The van der Waals surface area contributed by atoms with Gasteiger partial charge in [-0.2, -0.15) is 65.9 Å². The number of rotatable bonds is 13. The zero-order valence-corrected chi connectivity index (χ0v) is 25.9. The van der Waals surface area contributed by atoms with Gasteiger partial charge in [-0.3, -0.25) is 0 Å². The van der Waals surface area contributed by atoms with E-state index in [9.17, 15) is 67.0 Å². The van der Waals surface area contributed by atoms with Crippen molar-refractivity contribution in [3.8, 4) is 0 Å². The van der Waals surface area contributed by atoms with Crippen LogP contribution >= 0.6 is 0 Å². The van der Waals surface area contributed by atoms with Crippen molar-refractivity contribution in [2.24, 2.45) is 29.6 Å². The van der Waals surface area contributed by atoms with Gasteiger partial charge in [0.05, 0.1) is 6.42 Å². The van der Waals surface area contributed by atoms with Crippen LogP contribution in [0.5, 0.6) is 0 Å². The second kappa shape index (κ2) is 12.1. The molecule has 280 valence electrons. The third-order valence-electron chi connectivity index (χ3n) is 10.5. The second-order valence-corrected chi connectivity index (χ2v) is 14.0. The molecule has 4 aliphatic rings. The van der Waals surface area contributed by atoms with Crippen LogP contribution in [-0.2, 0) is 16.0 Å². The number of hydrogen-bond acceptors (Lipinski definition) is 3. The highest BCUT2D eigenvalue weighted by atomic mass is 19.4. The number of alkyl halides is 15. The lowest BCUT2D eigenvalue weighted by Crippen LogP contribution is -2.73. The smallest absolute Gasteiger partial charge is 0.456 e. The first-order valence-corrected chi connectivity index (χ1v) is 15.3. The molecule has 0 amide bonds. The minimum atomic E-state index is -8.48. The molecule has 0 radical (unpaired) electrons. The first-order chi connectivity index (χ1) is 22.0. The van der Waals surface area contributed by atoms with Crippen molar-refractivity contribution in [2.75, 3.05) is 0 Å². The zero-order chi connectivity index (χ0) is 37.4. The molecule has 1 aromatic carbocycles. The molecule has 0 aliphatic heterocycles. The van der Waals surface area contributed by atoms with Crippen molar-refractivity contribution in [3.63, 3.8) is 0 Å². The zero-order valence-electron chi connectivity index (χ0n) is 25.9. The third-order valence-corrected chi connectivity index (χ3v) is 10.5. The van der Waals surface area contributed by atoms with Crippen LogP contribution in [0.2, 0.25) is 0 Å². The molecule has 0 spiro atoms. The minimum Gasteiger partial charge on any atom is -0.456 e. The maximum absolute atomic E-state index is 15.3. The molecule has 1 atom stereocenters. The Balaban J connectivity index is 1.73. The van der Waals surface area contributed by atoms with E-state index in [1.54, 1.807) is 13.8 Å². The highest BCUT2D eigenvalue weighted by molar-refractivity contribution is 5.80. The van der Waals surface area contributed by atoms with Crippen LogP contribution in [0.15, 0.2) is 30.3 Å². The van der Waals surface area contributed by atoms with E-state index in [1.807, 2.05) is 0 Å². The number of aryl methyl sites for hydroxylation is 1. The van der Waals surface area contributed by atoms with Gasteiger partial charge in [0.2, 0.25) is 0 Å². The molecule has 5 rings (SSSR count). The van der Waals surface area contributed by atoms with E-state index < -0.39 is 95.9 Å². The van der Waals surface area contributed by atoms with E-state index in [0.717, 1.165) is 6.42 Å². The molecule has 1 unspecified atom stereocenters. The van der Waals surface area contributed by atoms with Gasteiger partial charge in [0.1, 0.15) is 5.60 Å². The Labute approximate surface area is 270 Å². The largest absolute Gasteiger partial charge is 0.460 e. The second-order valence-electron chi connectivity index (χ2n) is 14.0. The van der Waals surface area contributed by atoms with E-state index in [-0.39, 0.29) is 17.4 Å². The molecule has 0 aromatic heterocycles. The Hall–Kier alpha value is -2.40. The highest BCUT2D eigenvalue weighted by Gasteiger charge is 2.93. The summed E-state index contributed by atoms with van der Waals surface area (Å²) in [6.07, 6.45) is -9.94. The van der Waals surface area contributed by atoms with E-state index in [1.165, 1.54) is 30.3 Å². The Morgan fingerprint density at radius 2 is 1.14 bits per heavy atom. The van der Waals surface area contributed by atoms with Crippen LogP contribution in [0.1, 0.15) is 64.4 Å². The Kier molecular flexibility index (Phi) is 9.72. The molecular formula is C31H33F15O3. The van der Waals surface area contributed by atoms with Crippen LogP contribution in [-0.4, -0.2) is 64.0 Å². The van der Waals surface area contributed by atoms with Crippen molar-refractivity contribution in [1.29, 1.82) is 0 Å². The van der Waals surface area contributed by atoms with Gasteiger partial charge in [0, 0.05) is 0 Å².